The molecule has 0 saturated carbocycles. The van der Waals surface area contributed by atoms with E-state index >= 15 is 0 Å². The lowest BCUT2D eigenvalue weighted by Crippen LogP contribution is -2.27. The molecular formula is C11H14N2O. The monoisotopic (exact) mass is 190 g/mol. The molecule has 1 fully saturated rings. The smallest absolute Gasteiger partial charge is 0.219 e. The molecule has 3 nitrogen and oxygen atoms in total. The van der Waals surface area contributed by atoms with Crippen molar-refractivity contribution in [3.05, 3.63) is 30.1 Å². The van der Waals surface area contributed by atoms with Crippen molar-refractivity contribution in [1.29, 1.82) is 0 Å². The van der Waals surface area contributed by atoms with Crippen molar-refractivity contribution in [2.75, 3.05) is 6.54 Å². The number of carbonyl (C=O) groups excluding carboxylic acids is 1. The molecule has 14 heavy (non-hydrogen) atoms. The number of hydrogen-bond donors (Lipinski definition) is 0. The van der Waals surface area contributed by atoms with Crippen molar-refractivity contribution in [2.45, 2.75) is 25.8 Å². The minimum atomic E-state index is 0.171. The predicted octanol–water partition coefficient (Wildman–Crippen LogP) is 1.77. The number of likely N-dealkylation sites (tertiary alicyclic amines) is 1. The first-order valence-electron chi connectivity index (χ1n) is 4.96. The van der Waals surface area contributed by atoms with Gasteiger partial charge in [0.2, 0.25) is 5.91 Å². The van der Waals surface area contributed by atoms with E-state index in [1.807, 2.05) is 17.0 Å². The third-order valence-electron chi connectivity index (χ3n) is 2.75. The van der Waals surface area contributed by atoms with Gasteiger partial charge in [-0.05, 0) is 30.5 Å². The number of pyridine rings is 1. The molecule has 2 rings (SSSR count). The first kappa shape index (κ1) is 9.19. The van der Waals surface area contributed by atoms with Crippen molar-refractivity contribution in [3.8, 4) is 0 Å². The van der Waals surface area contributed by atoms with Gasteiger partial charge in [0.15, 0.2) is 0 Å². The highest BCUT2D eigenvalue weighted by Crippen LogP contribution is 2.31. The van der Waals surface area contributed by atoms with E-state index in [2.05, 4.69) is 4.98 Å². The molecular weight excluding hydrogens is 176 g/mol. The largest absolute Gasteiger partial charge is 0.336 e. The molecule has 1 aliphatic rings. The SMILES string of the molecule is CC(=O)N1CCCC1c1ccncc1. The van der Waals surface area contributed by atoms with E-state index < -0.39 is 0 Å². The first-order valence-corrected chi connectivity index (χ1v) is 4.96. The Hall–Kier alpha value is -1.38. The molecule has 74 valence electrons. The first-order chi connectivity index (χ1) is 6.79. The molecule has 2 heterocycles. The van der Waals surface area contributed by atoms with Crippen molar-refractivity contribution in [1.82, 2.24) is 9.88 Å². The number of amides is 1. The van der Waals surface area contributed by atoms with Crippen LogP contribution in [-0.2, 0) is 4.79 Å². The summed E-state index contributed by atoms with van der Waals surface area (Å²) in [5, 5.41) is 0. The second-order valence-electron chi connectivity index (χ2n) is 3.65. The Morgan fingerprint density at radius 2 is 2.21 bits per heavy atom. The summed E-state index contributed by atoms with van der Waals surface area (Å²) in [6.45, 7) is 2.53. The van der Waals surface area contributed by atoms with Gasteiger partial charge in [0.1, 0.15) is 0 Å². The Balaban J connectivity index is 2.22. The van der Waals surface area contributed by atoms with E-state index in [-0.39, 0.29) is 11.9 Å². The van der Waals surface area contributed by atoms with Gasteiger partial charge in [0.05, 0.1) is 6.04 Å². The van der Waals surface area contributed by atoms with Crippen molar-refractivity contribution >= 4 is 5.91 Å². The van der Waals surface area contributed by atoms with Crippen LogP contribution in [0.4, 0.5) is 0 Å². The van der Waals surface area contributed by atoms with Crippen LogP contribution in [-0.4, -0.2) is 22.3 Å². The van der Waals surface area contributed by atoms with Crippen LogP contribution in [0.25, 0.3) is 0 Å². The quantitative estimate of drug-likeness (QED) is 0.676. The fraction of sp³-hybridized carbons (Fsp3) is 0.455. The van der Waals surface area contributed by atoms with Crippen molar-refractivity contribution < 1.29 is 4.79 Å². The molecule has 1 aromatic rings. The lowest BCUT2D eigenvalue weighted by Gasteiger charge is -2.23. The molecule has 1 saturated heterocycles. The highest BCUT2D eigenvalue weighted by Gasteiger charge is 2.27. The normalized spacial score (nSPS) is 21.2. The summed E-state index contributed by atoms with van der Waals surface area (Å²) in [7, 11) is 0. The summed E-state index contributed by atoms with van der Waals surface area (Å²) in [6, 6.07) is 4.26. The van der Waals surface area contributed by atoms with Gasteiger partial charge in [0.25, 0.3) is 0 Å². The van der Waals surface area contributed by atoms with E-state index in [0.29, 0.717) is 0 Å². The number of nitrogens with zero attached hydrogens (tertiary/aromatic N) is 2. The molecule has 0 bridgehead atoms. The van der Waals surface area contributed by atoms with Gasteiger partial charge in [-0.1, -0.05) is 0 Å². The zero-order chi connectivity index (χ0) is 9.97. The van der Waals surface area contributed by atoms with Crippen LogP contribution in [0.2, 0.25) is 0 Å². The van der Waals surface area contributed by atoms with Gasteiger partial charge in [0, 0.05) is 25.9 Å². The van der Waals surface area contributed by atoms with E-state index in [4.69, 9.17) is 0 Å². The summed E-state index contributed by atoms with van der Waals surface area (Å²) in [6.07, 6.45) is 5.74. The molecule has 0 aliphatic carbocycles. The third-order valence-corrected chi connectivity index (χ3v) is 2.75. The molecule has 1 atom stereocenters. The molecule has 0 spiro atoms. The van der Waals surface area contributed by atoms with Crippen LogP contribution in [0.15, 0.2) is 24.5 Å². The van der Waals surface area contributed by atoms with E-state index in [0.717, 1.165) is 19.4 Å². The van der Waals surface area contributed by atoms with Gasteiger partial charge in [-0.3, -0.25) is 9.78 Å². The number of aromatic nitrogens is 1. The summed E-state index contributed by atoms with van der Waals surface area (Å²) < 4.78 is 0. The highest BCUT2D eigenvalue weighted by atomic mass is 16.2. The number of hydrogen-bond acceptors (Lipinski definition) is 2. The van der Waals surface area contributed by atoms with Crippen LogP contribution in [0.1, 0.15) is 31.4 Å². The summed E-state index contributed by atoms with van der Waals surface area (Å²) in [5.41, 5.74) is 1.20. The lowest BCUT2D eigenvalue weighted by atomic mass is 10.1. The molecule has 3 heteroatoms. The van der Waals surface area contributed by atoms with Crippen LogP contribution < -0.4 is 0 Å². The fourth-order valence-electron chi connectivity index (χ4n) is 2.08. The molecule has 1 amide bonds. The Morgan fingerprint density at radius 3 is 2.86 bits per heavy atom. The van der Waals surface area contributed by atoms with E-state index in [1.165, 1.54) is 5.56 Å². The minimum absolute atomic E-state index is 0.171. The second-order valence-corrected chi connectivity index (χ2v) is 3.65. The maximum absolute atomic E-state index is 11.3. The van der Waals surface area contributed by atoms with Gasteiger partial charge in [-0.25, -0.2) is 0 Å². The standard InChI is InChI=1S/C11H14N2O/c1-9(14)13-8-2-3-11(13)10-4-6-12-7-5-10/h4-7,11H,2-3,8H2,1H3. The van der Waals surface area contributed by atoms with E-state index in [9.17, 15) is 4.79 Å². The molecule has 1 aromatic heterocycles. The minimum Gasteiger partial charge on any atom is -0.336 e. The topological polar surface area (TPSA) is 33.2 Å². The third kappa shape index (κ3) is 1.62. The van der Waals surface area contributed by atoms with E-state index in [1.54, 1.807) is 19.3 Å². The fourth-order valence-corrected chi connectivity index (χ4v) is 2.08. The number of rotatable bonds is 1. The van der Waals surface area contributed by atoms with Crippen LogP contribution in [0, 0.1) is 0 Å². The Morgan fingerprint density at radius 1 is 1.50 bits per heavy atom. The van der Waals surface area contributed by atoms with Crippen molar-refractivity contribution in [3.63, 3.8) is 0 Å². The zero-order valence-corrected chi connectivity index (χ0v) is 8.31. The number of carbonyl (C=O) groups is 1. The van der Waals surface area contributed by atoms with Crippen LogP contribution >= 0.6 is 0 Å². The second kappa shape index (κ2) is 3.78. The summed E-state index contributed by atoms with van der Waals surface area (Å²) in [5.74, 6) is 0.171. The molecule has 0 N–H and O–H groups in total. The van der Waals surface area contributed by atoms with Crippen LogP contribution in [0.3, 0.4) is 0 Å². The lowest BCUT2D eigenvalue weighted by molar-refractivity contribution is -0.129. The highest BCUT2D eigenvalue weighted by molar-refractivity contribution is 5.74. The maximum atomic E-state index is 11.3. The Bertz CT molecular complexity index is 323. The zero-order valence-electron chi connectivity index (χ0n) is 8.31. The Labute approximate surface area is 83.8 Å². The van der Waals surface area contributed by atoms with Crippen molar-refractivity contribution in [2.24, 2.45) is 0 Å². The maximum Gasteiger partial charge on any atom is 0.219 e. The summed E-state index contributed by atoms with van der Waals surface area (Å²) in [4.78, 5) is 17.3. The predicted molar refractivity (Wildman–Crippen MR) is 53.6 cm³/mol. The van der Waals surface area contributed by atoms with Crippen LogP contribution in [0.5, 0.6) is 0 Å². The molecule has 0 aromatic carbocycles. The average molecular weight is 190 g/mol. The Kier molecular flexibility index (Phi) is 2.48. The summed E-state index contributed by atoms with van der Waals surface area (Å²) >= 11 is 0. The molecule has 1 unspecified atom stereocenters. The van der Waals surface area contributed by atoms with Gasteiger partial charge >= 0.3 is 0 Å². The average Bonchev–Trinajstić information content (AvgIpc) is 2.67. The van der Waals surface area contributed by atoms with Gasteiger partial charge < -0.3 is 4.90 Å². The van der Waals surface area contributed by atoms with Gasteiger partial charge in [-0.15, -0.1) is 0 Å². The molecule has 1 aliphatic heterocycles. The molecule has 0 radical (unpaired) electrons. The van der Waals surface area contributed by atoms with Gasteiger partial charge in [-0.2, -0.15) is 0 Å².